The molecular formula is C19H18ClNO2. The molecule has 4 heteroatoms. The van der Waals surface area contributed by atoms with Crippen molar-refractivity contribution < 1.29 is 9.90 Å². The van der Waals surface area contributed by atoms with Gasteiger partial charge in [-0.05, 0) is 48.1 Å². The molecule has 0 spiro atoms. The molecule has 0 aliphatic heterocycles. The number of hydrogen-bond acceptors (Lipinski definition) is 1. The van der Waals surface area contributed by atoms with Crippen molar-refractivity contribution in [3.05, 3.63) is 70.9 Å². The first-order chi connectivity index (χ1) is 11.1. The fourth-order valence-corrected chi connectivity index (χ4v) is 3.19. The van der Waals surface area contributed by atoms with E-state index in [0.717, 1.165) is 29.3 Å². The molecule has 23 heavy (non-hydrogen) atoms. The summed E-state index contributed by atoms with van der Waals surface area (Å²) >= 11 is 6.10. The van der Waals surface area contributed by atoms with E-state index in [2.05, 4.69) is 17.1 Å². The number of carbonyl (C=O) groups is 1. The summed E-state index contributed by atoms with van der Waals surface area (Å²) < 4.78 is 0. The van der Waals surface area contributed by atoms with E-state index in [1.54, 1.807) is 0 Å². The summed E-state index contributed by atoms with van der Waals surface area (Å²) in [6.45, 7) is 0. The van der Waals surface area contributed by atoms with Crippen LogP contribution in [-0.2, 0) is 11.2 Å². The number of aromatic nitrogens is 1. The molecule has 2 aromatic carbocycles. The number of aromatic amines is 1. The van der Waals surface area contributed by atoms with Gasteiger partial charge in [0, 0.05) is 22.1 Å². The number of benzene rings is 2. The Labute approximate surface area is 139 Å². The molecular weight excluding hydrogens is 310 g/mol. The van der Waals surface area contributed by atoms with Gasteiger partial charge in [0.25, 0.3) is 0 Å². The van der Waals surface area contributed by atoms with Crippen LogP contribution in [0.15, 0.2) is 54.7 Å². The minimum Gasteiger partial charge on any atom is -0.481 e. The average Bonchev–Trinajstić information content (AvgIpc) is 2.95. The van der Waals surface area contributed by atoms with Crippen LogP contribution in [-0.4, -0.2) is 16.1 Å². The maximum absolute atomic E-state index is 11.3. The minimum absolute atomic E-state index is 0.0417. The summed E-state index contributed by atoms with van der Waals surface area (Å²) in [7, 11) is 0. The molecule has 0 fully saturated rings. The Kier molecular flexibility index (Phi) is 4.68. The molecule has 3 aromatic rings. The second kappa shape index (κ2) is 6.88. The lowest BCUT2D eigenvalue weighted by Gasteiger charge is -2.14. The number of carboxylic acids is 1. The Morgan fingerprint density at radius 1 is 1.17 bits per heavy atom. The van der Waals surface area contributed by atoms with Crippen LogP contribution >= 0.6 is 11.6 Å². The van der Waals surface area contributed by atoms with E-state index in [9.17, 15) is 9.90 Å². The van der Waals surface area contributed by atoms with E-state index in [-0.39, 0.29) is 12.3 Å². The zero-order valence-corrected chi connectivity index (χ0v) is 13.4. The third-order valence-corrected chi connectivity index (χ3v) is 4.40. The highest BCUT2D eigenvalue weighted by Crippen LogP contribution is 2.32. The average molecular weight is 328 g/mol. The molecule has 3 nitrogen and oxygen atoms in total. The maximum Gasteiger partial charge on any atom is 0.303 e. The van der Waals surface area contributed by atoms with Crippen LogP contribution in [0, 0.1) is 0 Å². The van der Waals surface area contributed by atoms with Crippen LogP contribution in [0.4, 0.5) is 0 Å². The first-order valence-electron chi connectivity index (χ1n) is 7.66. The smallest absolute Gasteiger partial charge is 0.303 e. The summed E-state index contributed by atoms with van der Waals surface area (Å²) in [5.41, 5.74) is 3.24. The third kappa shape index (κ3) is 3.74. The molecule has 118 valence electrons. The second-order valence-corrected chi connectivity index (χ2v) is 6.19. The quantitative estimate of drug-likeness (QED) is 0.668. The lowest BCUT2D eigenvalue weighted by molar-refractivity contribution is -0.137. The SMILES string of the molecule is O=C(O)C[C@@H](CCc1ccccc1)c1c[nH]c2ccc(Cl)cc12. The van der Waals surface area contributed by atoms with Crippen molar-refractivity contribution in [2.45, 2.75) is 25.2 Å². The maximum atomic E-state index is 11.3. The number of rotatable bonds is 6. The first-order valence-corrected chi connectivity index (χ1v) is 8.03. The molecule has 0 bridgehead atoms. The minimum atomic E-state index is -0.778. The number of hydrogen-bond donors (Lipinski definition) is 2. The van der Waals surface area contributed by atoms with Gasteiger partial charge in [0.05, 0.1) is 6.42 Å². The zero-order chi connectivity index (χ0) is 16.2. The van der Waals surface area contributed by atoms with Gasteiger partial charge in [-0.3, -0.25) is 4.79 Å². The fourth-order valence-electron chi connectivity index (χ4n) is 3.02. The number of fused-ring (bicyclic) bond motifs is 1. The van der Waals surface area contributed by atoms with Crippen molar-refractivity contribution in [2.75, 3.05) is 0 Å². The van der Waals surface area contributed by atoms with Crippen LogP contribution in [0.25, 0.3) is 10.9 Å². The Balaban J connectivity index is 1.88. The lowest BCUT2D eigenvalue weighted by Crippen LogP contribution is -2.07. The summed E-state index contributed by atoms with van der Waals surface area (Å²) in [5.74, 6) is -0.820. The number of carboxylic acid groups (broad SMARTS) is 1. The Morgan fingerprint density at radius 2 is 1.96 bits per heavy atom. The number of nitrogens with one attached hydrogen (secondary N) is 1. The lowest BCUT2D eigenvalue weighted by atomic mass is 9.89. The molecule has 3 rings (SSSR count). The second-order valence-electron chi connectivity index (χ2n) is 5.75. The first kappa shape index (κ1) is 15.6. The monoisotopic (exact) mass is 327 g/mol. The Morgan fingerprint density at radius 3 is 2.70 bits per heavy atom. The largest absolute Gasteiger partial charge is 0.481 e. The number of aryl methyl sites for hydroxylation is 1. The van der Waals surface area contributed by atoms with Gasteiger partial charge in [-0.25, -0.2) is 0 Å². The van der Waals surface area contributed by atoms with E-state index >= 15 is 0 Å². The molecule has 0 amide bonds. The number of aliphatic carboxylic acids is 1. The van der Waals surface area contributed by atoms with Gasteiger partial charge in [-0.15, -0.1) is 0 Å². The Bertz CT molecular complexity index is 811. The normalized spacial score (nSPS) is 12.4. The van der Waals surface area contributed by atoms with Crippen molar-refractivity contribution in [1.29, 1.82) is 0 Å². The van der Waals surface area contributed by atoms with Crippen LogP contribution in [0.5, 0.6) is 0 Å². The molecule has 1 atom stereocenters. The molecule has 0 saturated heterocycles. The van der Waals surface area contributed by atoms with Crippen LogP contribution in [0.1, 0.15) is 29.9 Å². The van der Waals surface area contributed by atoms with Crippen molar-refractivity contribution >= 4 is 28.5 Å². The van der Waals surface area contributed by atoms with E-state index < -0.39 is 5.97 Å². The third-order valence-electron chi connectivity index (χ3n) is 4.16. The van der Waals surface area contributed by atoms with Gasteiger partial charge in [0.1, 0.15) is 0 Å². The van der Waals surface area contributed by atoms with Gasteiger partial charge >= 0.3 is 5.97 Å². The van der Waals surface area contributed by atoms with Crippen molar-refractivity contribution in [3.63, 3.8) is 0 Å². The predicted octanol–water partition coefficient (Wildman–Crippen LogP) is 5.01. The van der Waals surface area contributed by atoms with Crippen LogP contribution < -0.4 is 0 Å². The highest BCUT2D eigenvalue weighted by molar-refractivity contribution is 6.31. The highest BCUT2D eigenvalue weighted by Gasteiger charge is 2.19. The van der Waals surface area contributed by atoms with Crippen molar-refractivity contribution in [1.82, 2.24) is 4.98 Å². The molecule has 0 unspecified atom stereocenters. The summed E-state index contributed by atoms with van der Waals surface area (Å²) in [6, 6.07) is 15.8. The van der Waals surface area contributed by atoms with Crippen LogP contribution in [0.3, 0.4) is 0 Å². The number of halogens is 1. The number of H-pyrrole nitrogens is 1. The molecule has 2 N–H and O–H groups in total. The van der Waals surface area contributed by atoms with Crippen LogP contribution in [0.2, 0.25) is 5.02 Å². The molecule has 1 aromatic heterocycles. The summed E-state index contributed by atoms with van der Waals surface area (Å²) in [5, 5.41) is 10.9. The van der Waals surface area contributed by atoms with E-state index in [1.807, 2.05) is 42.6 Å². The molecule has 0 saturated carbocycles. The van der Waals surface area contributed by atoms with E-state index in [4.69, 9.17) is 11.6 Å². The van der Waals surface area contributed by atoms with Crippen molar-refractivity contribution in [2.24, 2.45) is 0 Å². The Hall–Kier alpha value is -2.26. The molecule has 1 heterocycles. The van der Waals surface area contributed by atoms with Gasteiger partial charge in [-0.2, -0.15) is 0 Å². The standard InChI is InChI=1S/C19H18ClNO2/c20-15-8-9-18-16(11-15)17(12-21-18)14(10-19(22)23)7-6-13-4-2-1-3-5-13/h1-5,8-9,11-12,14,21H,6-7,10H2,(H,22,23)/t14-/m1/s1. The topological polar surface area (TPSA) is 53.1 Å². The van der Waals surface area contributed by atoms with Gasteiger partial charge in [0.15, 0.2) is 0 Å². The highest BCUT2D eigenvalue weighted by atomic mass is 35.5. The summed E-state index contributed by atoms with van der Waals surface area (Å²) in [4.78, 5) is 14.5. The van der Waals surface area contributed by atoms with Gasteiger partial charge in [0.2, 0.25) is 0 Å². The molecule has 0 aliphatic carbocycles. The van der Waals surface area contributed by atoms with Crippen molar-refractivity contribution in [3.8, 4) is 0 Å². The molecule has 0 radical (unpaired) electrons. The van der Waals surface area contributed by atoms with Gasteiger partial charge < -0.3 is 10.1 Å². The zero-order valence-electron chi connectivity index (χ0n) is 12.6. The van der Waals surface area contributed by atoms with E-state index in [1.165, 1.54) is 5.56 Å². The summed E-state index contributed by atoms with van der Waals surface area (Å²) in [6.07, 6.45) is 3.67. The fraction of sp³-hybridized carbons (Fsp3) is 0.211. The predicted molar refractivity (Wildman–Crippen MR) is 93.1 cm³/mol. The molecule has 0 aliphatic rings. The van der Waals surface area contributed by atoms with E-state index in [0.29, 0.717) is 5.02 Å². The van der Waals surface area contributed by atoms with Gasteiger partial charge in [-0.1, -0.05) is 41.9 Å².